The van der Waals surface area contributed by atoms with Crippen molar-refractivity contribution in [2.75, 3.05) is 6.26 Å². The van der Waals surface area contributed by atoms with Crippen LogP contribution in [0.15, 0.2) is 29.2 Å². The predicted octanol–water partition coefficient (Wildman–Crippen LogP) is 1.25. The number of sulfone groups is 1. The van der Waals surface area contributed by atoms with Gasteiger partial charge in [0, 0.05) is 18.2 Å². The predicted molar refractivity (Wildman–Crippen MR) is 78.9 cm³/mol. The second-order valence-corrected chi connectivity index (χ2v) is 7.24. The van der Waals surface area contributed by atoms with Crippen LogP contribution in [0.5, 0.6) is 0 Å². The Morgan fingerprint density at radius 2 is 1.65 bits per heavy atom. The molecular formula is C14H22N2O3S. The van der Waals surface area contributed by atoms with E-state index in [1.54, 1.807) is 38.1 Å². The largest absolute Gasteiger partial charge is 0.349 e. The third-order valence-electron chi connectivity index (χ3n) is 3.37. The lowest BCUT2D eigenvalue weighted by Crippen LogP contribution is -2.39. The van der Waals surface area contributed by atoms with Crippen LogP contribution in [-0.4, -0.2) is 26.6 Å². The summed E-state index contributed by atoms with van der Waals surface area (Å²) >= 11 is 0. The highest BCUT2D eigenvalue weighted by Crippen LogP contribution is 2.17. The van der Waals surface area contributed by atoms with Crippen LogP contribution in [0.3, 0.4) is 0 Å². The molecule has 0 aromatic heterocycles. The van der Waals surface area contributed by atoms with Gasteiger partial charge in [-0.3, -0.25) is 4.79 Å². The van der Waals surface area contributed by atoms with Crippen molar-refractivity contribution in [1.29, 1.82) is 0 Å². The molecule has 1 aromatic carbocycles. The fourth-order valence-electron chi connectivity index (χ4n) is 1.67. The third-order valence-corrected chi connectivity index (χ3v) is 4.50. The Hall–Kier alpha value is -1.40. The topological polar surface area (TPSA) is 89.3 Å². The van der Waals surface area contributed by atoms with Crippen LogP contribution in [0.4, 0.5) is 0 Å². The SMILES string of the molecule is CC(NC(=O)C(C)C(C)N)c1ccc(S(C)(=O)=O)cc1. The van der Waals surface area contributed by atoms with Crippen LogP contribution < -0.4 is 11.1 Å². The number of hydrogen-bond acceptors (Lipinski definition) is 4. The highest BCUT2D eigenvalue weighted by atomic mass is 32.2. The molecular weight excluding hydrogens is 276 g/mol. The lowest BCUT2D eigenvalue weighted by molar-refractivity contribution is -0.125. The summed E-state index contributed by atoms with van der Waals surface area (Å²) in [5.74, 6) is -0.382. The summed E-state index contributed by atoms with van der Waals surface area (Å²) in [6.45, 7) is 5.41. The third kappa shape index (κ3) is 4.31. The zero-order valence-electron chi connectivity index (χ0n) is 12.3. The van der Waals surface area contributed by atoms with Gasteiger partial charge in [0.25, 0.3) is 0 Å². The molecule has 0 bridgehead atoms. The summed E-state index contributed by atoms with van der Waals surface area (Å²) in [6.07, 6.45) is 1.16. The van der Waals surface area contributed by atoms with E-state index >= 15 is 0 Å². The first-order valence-corrected chi connectivity index (χ1v) is 8.38. The molecule has 0 aliphatic heterocycles. The molecule has 0 radical (unpaired) electrons. The van der Waals surface area contributed by atoms with Crippen molar-refractivity contribution in [3.8, 4) is 0 Å². The quantitative estimate of drug-likeness (QED) is 0.856. The Morgan fingerprint density at radius 1 is 1.15 bits per heavy atom. The molecule has 0 saturated heterocycles. The number of hydrogen-bond donors (Lipinski definition) is 2. The molecule has 112 valence electrons. The van der Waals surface area contributed by atoms with E-state index in [9.17, 15) is 13.2 Å². The molecule has 0 heterocycles. The van der Waals surface area contributed by atoms with Crippen molar-refractivity contribution < 1.29 is 13.2 Å². The minimum Gasteiger partial charge on any atom is -0.349 e. The van der Waals surface area contributed by atoms with Crippen LogP contribution in [0, 0.1) is 5.92 Å². The van der Waals surface area contributed by atoms with E-state index in [-0.39, 0.29) is 28.8 Å². The minimum atomic E-state index is -3.20. The fraction of sp³-hybridized carbons (Fsp3) is 0.500. The van der Waals surface area contributed by atoms with Gasteiger partial charge in [0.15, 0.2) is 9.84 Å². The Kier molecular flexibility index (Phi) is 5.30. The smallest absolute Gasteiger partial charge is 0.224 e. The molecule has 6 heteroatoms. The maximum atomic E-state index is 11.9. The number of amides is 1. The Labute approximate surface area is 120 Å². The first-order chi connectivity index (χ1) is 9.12. The van der Waals surface area contributed by atoms with Crippen LogP contribution in [0.1, 0.15) is 32.4 Å². The van der Waals surface area contributed by atoms with E-state index < -0.39 is 9.84 Å². The molecule has 3 atom stereocenters. The number of carbonyl (C=O) groups excluding carboxylic acids is 1. The molecule has 0 fully saturated rings. The van der Waals surface area contributed by atoms with Crippen LogP contribution >= 0.6 is 0 Å². The number of carbonyl (C=O) groups is 1. The molecule has 3 unspecified atom stereocenters. The van der Waals surface area contributed by atoms with Gasteiger partial charge in [-0.2, -0.15) is 0 Å². The Morgan fingerprint density at radius 3 is 2.05 bits per heavy atom. The van der Waals surface area contributed by atoms with Crippen molar-refractivity contribution in [2.24, 2.45) is 11.7 Å². The van der Waals surface area contributed by atoms with Crippen molar-refractivity contribution in [3.63, 3.8) is 0 Å². The molecule has 5 nitrogen and oxygen atoms in total. The van der Waals surface area contributed by atoms with Gasteiger partial charge in [-0.1, -0.05) is 19.1 Å². The van der Waals surface area contributed by atoms with Crippen LogP contribution in [0.2, 0.25) is 0 Å². The maximum absolute atomic E-state index is 11.9. The minimum absolute atomic E-state index is 0.111. The van der Waals surface area contributed by atoms with Gasteiger partial charge in [0.05, 0.1) is 10.9 Å². The summed E-state index contributed by atoms with van der Waals surface area (Å²) in [4.78, 5) is 12.2. The summed E-state index contributed by atoms with van der Waals surface area (Å²) < 4.78 is 22.7. The second-order valence-electron chi connectivity index (χ2n) is 5.22. The lowest BCUT2D eigenvalue weighted by Gasteiger charge is -2.20. The van der Waals surface area contributed by atoms with Crippen molar-refractivity contribution in [1.82, 2.24) is 5.32 Å². The summed E-state index contributed by atoms with van der Waals surface area (Å²) in [5, 5.41) is 2.87. The Bertz CT molecular complexity index is 565. The summed E-state index contributed by atoms with van der Waals surface area (Å²) in [7, 11) is -3.20. The van der Waals surface area contributed by atoms with Crippen LogP contribution in [-0.2, 0) is 14.6 Å². The van der Waals surface area contributed by atoms with Gasteiger partial charge < -0.3 is 11.1 Å². The van der Waals surface area contributed by atoms with E-state index in [4.69, 9.17) is 5.73 Å². The van der Waals surface area contributed by atoms with Crippen molar-refractivity contribution in [3.05, 3.63) is 29.8 Å². The van der Waals surface area contributed by atoms with Crippen LogP contribution in [0.25, 0.3) is 0 Å². The van der Waals surface area contributed by atoms with Gasteiger partial charge in [-0.25, -0.2) is 8.42 Å². The molecule has 1 rings (SSSR count). The first-order valence-electron chi connectivity index (χ1n) is 6.49. The monoisotopic (exact) mass is 298 g/mol. The molecule has 0 aliphatic rings. The van der Waals surface area contributed by atoms with Gasteiger partial charge in [-0.15, -0.1) is 0 Å². The summed E-state index contributed by atoms with van der Waals surface area (Å²) in [5.41, 5.74) is 6.54. The highest BCUT2D eigenvalue weighted by Gasteiger charge is 2.19. The zero-order valence-corrected chi connectivity index (χ0v) is 13.1. The van der Waals surface area contributed by atoms with Crippen molar-refractivity contribution in [2.45, 2.75) is 37.8 Å². The van der Waals surface area contributed by atoms with E-state index in [1.807, 2.05) is 6.92 Å². The highest BCUT2D eigenvalue weighted by molar-refractivity contribution is 7.90. The molecule has 1 amide bonds. The molecule has 20 heavy (non-hydrogen) atoms. The molecule has 0 spiro atoms. The van der Waals surface area contributed by atoms with Gasteiger partial charge in [-0.05, 0) is 31.5 Å². The van der Waals surface area contributed by atoms with Gasteiger partial charge in [0.1, 0.15) is 0 Å². The molecule has 0 aliphatic carbocycles. The first kappa shape index (κ1) is 16.7. The fourth-order valence-corrected chi connectivity index (χ4v) is 2.30. The number of nitrogens with two attached hydrogens (primary N) is 1. The van der Waals surface area contributed by atoms with Gasteiger partial charge >= 0.3 is 0 Å². The van der Waals surface area contributed by atoms with E-state index in [0.717, 1.165) is 11.8 Å². The lowest BCUT2D eigenvalue weighted by atomic mass is 10.0. The number of benzene rings is 1. The standard InChI is InChI=1S/C14H22N2O3S/c1-9(10(2)15)14(17)16-11(3)12-5-7-13(8-6-12)20(4,18)19/h5-11H,15H2,1-4H3,(H,16,17). The van der Waals surface area contributed by atoms with Gasteiger partial charge in [0.2, 0.25) is 5.91 Å². The second kappa shape index (κ2) is 6.37. The Balaban J connectivity index is 2.79. The number of rotatable bonds is 5. The average Bonchev–Trinajstić information content (AvgIpc) is 2.36. The molecule has 0 saturated carbocycles. The van der Waals surface area contributed by atoms with E-state index in [0.29, 0.717) is 0 Å². The number of nitrogens with one attached hydrogen (secondary N) is 1. The van der Waals surface area contributed by atoms with E-state index in [1.165, 1.54) is 0 Å². The van der Waals surface area contributed by atoms with Crippen molar-refractivity contribution >= 4 is 15.7 Å². The zero-order chi connectivity index (χ0) is 15.5. The van der Waals surface area contributed by atoms with E-state index in [2.05, 4.69) is 5.32 Å². The molecule has 3 N–H and O–H groups in total. The maximum Gasteiger partial charge on any atom is 0.224 e. The normalized spacial score (nSPS) is 16.2. The average molecular weight is 298 g/mol. The summed E-state index contributed by atoms with van der Waals surface area (Å²) in [6, 6.07) is 6.09. The molecule has 1 aromatic rings.